The third-order valence-corrected chi connectivity index (χ3v) is 3.34. The van der Waals surface area contributed by atoms with E-state index >= 15 is 0 Å². The van der Waals surface area contributed by atoms with E-state index in [1.807, 2.05) is 12.1 Å². The smallest absolute Gasteiger partial charge is 0.332 e. The van der Waals surface area contributed by atoms with E-state index in [4.69, 9.17) is 5.73 Å². The molecule has 1 aromatic rings. The quantitative estimate of drug-likeness (QED) is 0.618. The Morgan fingerprint density at radius 1 is 1.40 bits per heavy atom. The van der Waals surface area contributed by atoms with Gasteiger partial charge < -0.3 is 10.6 Å². The van der Waals surface area contributed by atoms with Gasteiger partial charge in [-0.25, -0.2) is 10.2 Å². The summed E-state index contributed by atoms with van der Waals surface area (Å²) in [5.41, 5.74) is 9.34. The topological polar surface area (TPSA) is 74.0 Å². The predicted molar refractivity (Wildman–Crippen MR) is 79.5 cm³/mol. The van der Waals surface area contributed by atoms with E-state index in [1.165, 1.54) is 5.56 Å². The highest BCUT2D eigenvalue weighted by atomic mass is 16.2. The van der Waals surface area contributed by atoms with Crippen LogP contribution in [0, 0.1) is 0 Å². The second-order valence-corrected chi connectivity index (χ2v) is 5.06. The van der Waals surface area contributed by atoms with Crippen molar-refractivity contribution in [2.24, 2.45) is 10.8 Å². The lowest BCUT2D eigenvalue weighted by atomic mass is 10.1. The van der Waals surface area contributed by atoms with Crippen molar-refractivity contribution in [1.82, 2.24) is 15.2 Å². The summed E-state index contributed by atoms with van der Waals surface area (Å²) in [5.74, 6) is 0. The van der Waals surface area contributed by atoms with Crippen LogP contribution in [0.2, 0.25) is 0 Å². The maximum atomic E-state index is 10.5. The Balaban J connectivity index is 1.92. The van der Waals surface area contributed by atoms with Gasteiger partial charge >= 0.3 is 6.03 Å². The molecule has 6 nitrogen and oxygen atoms in total. The van der Waals surface area contributed by atoms with Crippen molar-refractivity contribution in [1.29, 1.82) is 0 Å². The summed E-state index contributed by atoms with van der Waals surface area (Å²) < 4.78 is 0. The van der Waals surface area contributed by atoms with Gasteiger partial charge in [0.2, 0.25) is 0 Å². The molecular formula is C14H21N5O. The van der Waals surface area contributed by atoms with Crippen molar-refractivity contribution < 1.29 is 4.79 Å². The zero-order chi connectivity index (χ0) is 14.4. The average Bonchev–Trinajstić information content (AvgIpc) is 2.41. The average molecular weight is 275 g/mol. The van der Waals surface area contributed by atoms with E-state index in [0.717, 1.165) is 38.3 Å². The molecule has 3 N–H and O–H groups in total. The van der Waals surface area contributed by atoms with E-state index < -0.39 is 6.03 Å². The van der Waals surface area contributed by atoms with Gasteiger partial charge in [-0.15, -0.1) is 0 Å². The fraction of sp³-hybridized carbons (Fsp3) is 0.429. The first kappa shape index (κ1) is 14.5. The third-order valence-electron chi connectivity index (χ3n) is 3.34. The Bertz CT molecular complexity index is 480. The van der Waals surface area contributed by atoms with Gasteiger partial charge in [-0.3, -0.25) is 4.90 Å². The lowest BCUT2D eigenvalue weighted by Crippen LogP contribution is -2.43. The highest BCUT2D eigenvalue weighted by molar-refractivity contribution is 5.81. The second-order valence-electron chi connectivity index (χ2n) is 5.06. The normalized spacial score (nSPS) is 17.4. The second kappa shape index (κ2) is 7.02. The van der Waals surface area contributed by atoms with Gasteiger partial charge in [0.15, 0.2) is 0 Å². The number of hydrogen-bond acceptors (Lipinski definition) is 4. The van der Waals surface area contributed by atoms with E-state index in [9.17, 15) is 4.79 Å². The molecule has 1 aliphatic heterocycles. The van der Waals surface area contributed by atoms with Gasteiger partial charge in [-0.05, 0) is 24.2 Å². The van der Waals surface area contributed by atoms with Crippen LogP contribution >= 0.6 is 0 Å². The third kappa shape index (κ3) is 4.64. The number of carbonyl (C=O) groups is 1. The molecule has 108 valence electrons. The van der Waals surface area contributed by atoms with Crippen LogP contribution in [0.25, 0.3) is 0 Å². The number of carbonyl (C=O) groups excluding carboxylic acids is 1. The molecule has 0 aromatic heterocycles. The number of nitrogens with zero attached hydrogens (tertiary/aromatic N) is 3. The number of rotatable bonds is 4. The summed E-state index contributed by atoms with van der Waals surface area (Å²) in [4.78, 5) is 15.3. The van der Waals surface area contributed by atoms with Crippen molar-refractivity contribution in [2.45, 2.75) is 6.54 Å². The molecule has 1 fully saturated rings. The standard InChI is InChI=1S/C14H21N5O/c1-18-5-7-19(8-6-18)11-13-4-2-3-12(9-13)10-16-17-14(15)20/h2-4,9-10H,5-8,11H2,1H3,(H3,15,17,20). The molecular weight excluding hydrogens is 254 g/mol. The van der Waals surface area contributed by atoms with E-state index in [1.54, 1.807) is 6.21 Å². The lowest BCUT2D eigenvalue weighted by Gasteiger charge is -2.32. The minimum absolute atomic E-state index is 0.658. The van der Waals surface area contributed by atoms with Gasteiger partial charge in [0, 0.05) is 32.7 Å². The largest absolute Gasteiger partial charge is 0.350 e. The van der Waals surface area contributed by atoms with E-state index in [0.29, 0.717) is 0 Å². The van der Waals surface area contributed by atoms with Crippen molar-refractivity contribution in [3.63, 3.8) is 0 Å². The Labute approximate surface area is 119 Å². The maximum Gasteiger partial charge on any atom is 0.332 e. The lowest BCUT2D eigenvalue weighted by molar-refractivity contribution is 0.148. The Kier molecular flexibility index (Phi) is 5.09. The molecule has 1 aliphatic rings. The number of nitrogens with two attached hydrogens (primary N) is 1. The molecule has 20 heavy (non-hydrogen) atoms. The van der Waals surface area contributed by atoms with Gasteiger partial charge in [-0.1, -0.05) is 18.2 Å². The van der Waals surface area contributed by atoms with Crippen LogP contribution in [-0.4, -0.2) is 55.3 Å². The first-order chi connectivity index (χ1) is 9.63. The number of piperazine rings is 1. The minimum atomic E-state index is -0.658. The highest BCUT2D eigenvalue weighted by Gasteiger charge is 2.13. The highest BCUT2D eigenvalue weighted by Crippen LogP contribution is 2.09. The molecule has 0 unspecified atom stereocenters. The number of urea groups is 1. The SMILES string of the molecule is CN1CCN(Cc2cccc(C=NNC(N)=O)c2)CC1. The summed E-state index contributed by atoms with van der Waals surface area (Å²) in [6.07, 6.45) is 1.60. The van der Waals surface area contributed by atoms with Gasteiger partial charge in [0.05, 0.1) is 6.21 Å². The first-order valence-electron chi connectivity index (χ1n) is 6.72. The van der Waals surface area contributed by atoms with Crippen LogP contribution in [0.4, 0.5) is 4.79 Å². The molecule has 0 spiro atoms. The van der Waals surface area contributed by atoms with Crippen LogP contribution < -0.4 is 11.2 Å². The van der Waals surface area contributed by atoms with E-state index in [2.05, 4.69) is 39.5 Å². The molecule has 0 bridgehead atoms. The number of benzene rings is 1. The maximum absolute atomic E-state index is 10.5. The minimum Gasteiger partial charge on any atom is -0.350 e. The number of hydrogen-bond donors (Lipinski definition) is 2. The summed E-state index contributed by atoms with van der Waals surface area (Å²) in [5, 5.41) is 3.77. The number of primary amides is 1. The number of hydrazone groups is 1. The zero-order valence-electron chi connectivity index (χ0n) is 11.7. The summed E-state index contributed by atoms with van der Waals surface area (Å²) in [6.45, 7) is 5.36. The predicted octanol–water partition coefficient (Wildman–Crippen LogP) is 0.436. The van der Waals surface area contributed by atoms with Crippen LogP contribution in [0.5, 0.6) is 0 Å². The summed E-state index contributed by atoms with van der Waals surface area (Å²) >= 11 is 0. The summed E-state index contributed by atoms with van der Waals surface area (Å²) in [6, 6.07) is 7.47. The monoisotopic (exact) mass is 275 g/mol. The van der Waals surface area contributed by atoms with Gasteiger partial charge in [-0.2, -0.15) is 5.10 Å². The van der Waals surface area contributed by atoms with Crippen molar-refractivity contribution in [2.75, 3.05) is 33.2 Å². The Hall–Kier alpha value is -1.92. The Morgan fingerprint density at radius 2 is 2.15 bits per heavy atom. The first-order valence-corrected chi connectivity index (χ1v) is 6.72. The molecule has 2 amide bonds. The molecule has 0 aliphatic carbocycles. The molecule has 0 radical (unpaired) electrons. The van der Waals surface area contributed by atoms with Crippen LogP contribution in [-0.2, 0) is 6.54 Å². The summed E-state index contributed by atoms with van der Waals surface area (Å²) in [7, 11) is 2.15. The molecule has 1 heterocycles. The fourth-order valence-electron chi connectivity index (χ4n) is 2.21. The van der Waals surface area contributed by atoms with Crippen molar-refractivity contribution in [3.05, 3.63) is 35.4 Å². The number of likely N-dealkylation sites (N-methyl/N-ethyl adjacent to an activating group) is 1. The van der Waals surface area contributed by atoms with Gasteiger partial charge in [0.1, 0.15) is 0 Å². The number of amides is 2. The van der Waals surface area contributed by atoms with Crippen molar-refractivity contribution in [3.8, 4) is 0 Å². The Morgan fingerprint density at radius 3 is 2.85 bits per heavy atom. The molecule has 1 saturated heterocycles. The zero-order valence-corrected chi connectivity index (χ0v) is 11.7. The van der Waals surface area contributed by atoms with Crippen molar-refractivity contribution >= 4 is 12.2 Å². The van der Waals surface area contributed by atoms with Gasteiger partial charge in [0.25, 0.3) is 0 Å². The molecule has 0 atom stereocenters. The molecule has 1 aromatic carbocycles. The van der Waals surface area contributed by atoms with E-state index in [-0.39, 0.29) is 0 Å². The van der Waals surface area contributed by atoms with Crippen LogP contribution in [0.3, 0.4) is 0 Å². The molecule has 6 heteroatoms. The van der Waals surface area contributed by atoms with Crippen LogP contribution in [0.1, 0.15) is 11.1 Å². The molecule has 2 rings (SSSR count). The van der Waals surface area contributed by atoms with Crippen LogP contribution in [0.15, 0.2) is 29.4 Å². The molecule has 0 saturated carbocycles. The number of nitrogens with one attached hydrogen (secondary N) is 1. The fourth-order valence-corrected chi connectivity index (χ4v) is 2.21.